The second-order valence-corrected chi connectivity index (χ2v) is 9.13. The third-order valence-corrected chi connectivity index (χ3v) is 7.08. The zero-order valence-electron chi connectivity index (χ0n) is 16.7. The number of furan rings is 1. The number of nitrogens with one attached hydrogen (secondary N) is 2. The van der Waals surface area contributed by atoms with Gasteiger partial charge in [0.15, 0.2) is 0 Å². The fourth-order valence-electron chi connectivity index (χ4n) is 3.69. The molecule has 0 spiro atoms. The van der Waals surface area contributed by atoms with Crippen molar-refractivity contribution in [1.29, 1.82) is 0 Å². The van der Waals surface area contributed by atoms with E-state index in [2.05, 4.69) is 15.2 Å². The van der Waals surface area contributed by atoms with Gasteiger partial charge in [0.1, 0.15) is 16.4 Å². The standard InChI is InChI=1S/C21H21N5O3S2/c27-19-18-15(16-4-2-10-30-16)13-31-20(18)24-17(23-19)12-25-5-7-26(8-6-25)21(28)22-11-14-3-1-9-29-14/h1-4,9-10,13H,5-8,11-12H2,(H,22,28)(H,23,24,27). The lowest BCUT2D eigenvalue weighted by atomic mass is 10.2. The number of fused-ring (bicyclic) bond motifs is 1. The minimum absolute atomic E-state index is 0.0938. The van der Waals surface area contributed by atoms with Crippen molar-refractivity contribution in [2.45, 2.75) is 13.1 Å². The van der Waals surface area contributed by atoms with E-state index in [4.69, 9.17) is 9.40 Å². The van der Waals surface area contributed by atoms with Crippen molar-refractivity contribution in [2.75, 3.05) is 26.2 Å². The van der Waals surface area contributed by atoms with Crippen molar-refractivity contribution < 1.29 is 9.21 Å². The number of hydrogen-bond acceptors (Lipinski definition) is 7. The van der Waals surface area contributed by atoms with Gasteiger partial charge < -0.3 is 19.6 Å². The Kier molecular flexibility index (Phi) is 5.58. The second-order valence-electron chi connectivity index (χ2n) is 7.32. The van der Waals surface area contributed by atoms with Gasteiger partial charge in [-0.3, -0.25) is 9.69 Å². The molecule has 4 aromatic heterocycles. The second kappa shape index (κ2) is 8.66. The highest BCUT2D eigenvalue weighted by Crippen LogP contribution is 2.33. The van der Waals surface area contributed by atoms with Crippen LogP contribution < -0.4 is 10.9 Å². The van der Waals surface area contributed by atoms with Gasteiger partial charge in [0.05, 0.1) is 24.7 Å². The first-order chi connectivity index (χ1) is 15.2. The molecule has 2 N–H and O–H groups in total. The molecule has 5 heterocycles. The van der Waals surface area contributed by atoms with E-state index < -0.39 is 0 Å². The van der Waals surface area contributed by atoms with Crippen molar-refractivity contribution in [1.82, 2.24) is 25.1 Å². The summed E-state index contributed by atoms with van der Waals surface area (Å²) in [4.78, 5) is 38.6. The van der Waals surface area contributed by atoms with Crippen molar-refractivity contribution in [3.63, 3.8) is 0 Å². The summed E-state index contributed by atoms with van der Waals surface area (Å²) in [5.41, 5.74) is 0.852. The Morgan fingerprint density at radius 3 is 2.81 bits per heavy atom. The summed E-state index contributed by atoms with van der Waals surface area (Å²) >= 11 is 3.12. The van der Waals surface area contributed by atoms with Crippen molar-refractivity contribution in [3.8, 4) is 10.4 Å². The molecule has 0 saturated carbocycles. The average Bonchev–Trinajstić information content (AvgIpc) is 3.53. The Balaban J connectivity index is 1.20. The van der Waals surface area contributed by atoms with Gasteiger partial charge in [0.25, 0.3) is 5.56 Å². The first-order valence-corrected chi connectivity index (χ1v) is 11.7. The molecule has 0 aliphatic carbocycles. The molecule has 0 bridgehead atoms. The van der Waals surface area contributed by atoms with Crippen LogP contribution in [0.5, 0.6) is 0 Å². The smallest absolute Gasteiger partial charge is 0.317 e. The van der Waals surface area contributed by atoms with Crippen molar-refractivity contribution >= 4 is 38.9 Å². The SMILES string of the molecule is O=C(NCc1ccco1)N1CCN(Cc2nc3scc(-c4cccs4)c3c(=O)[nH]2)CC1. The van der Waals surface area contributed by atoms with Gasteiger partial charge >= 0.3 is 6.03 Å². The predicted octanol–water partition coefficient (Wildman–Crippen LogP) is 3.33. The van der Waals surface area contributed by atoms with Gasteiger partial charge in [0.2, 0.25) is 0 Å². The first kappa shape index (κ1) is 20.0. The summed E-state index contributed by atoms with van der Waals surface area (Å²) in [7, 11) is 0. The van der Waals surface area contributed by atoms with Crippen LogP contribution in [0.4, 0.5) is 4.79 Å². The monoisotopic (exact) mass is 455 g/mol. The van der Waals surface area contributed by atoms with Crippen LogP contribution in [0.2, 0.25) is 0 Å². The fourth-order valence-corrected chi connectivity index (χ4v) is 5.47. The lowest BCUT2D eigenvalue weighted by Gasteiger charge is -2.34. The Labute approximate surface area is 186 Å². The largest absolute Gasteiger partial charge is 0.467 e. The summed E-state index contributed by atoms with van der Waals surface area (Å²) in [5, 5.41) is 7.55. The van der Waals surface area contributed by atoms with Crippen LogP contribution in [0.1, 0.15) is 11.6 Å². The number of aromatic amines is 1. The van der Waals surface area contributed by atoms with Gasteiger partial charge in [-0.05, 0) is 23.6 Å². The third-order valence-electron chi connectivity index (χ3n) is 5.31. The maximum Gasteiger partial charge on any atom is 0.317 e. The summed E-state index contributed by atoms with van der Waals surface area (Å²) in [6.45, 7) is 3.63. The van der Waals surface area contributed by atoms with Crippen LogP contribution in [-0.2, 0) is 13.1 Å². The van der Waals surface area contributed by atoms with Crippen LogP contribution in [0.25, 0.3) is 20.7 Å². The molecule has 0 aromatic carbocycles. The summed E-state index contributed by atoms with van der Waals surface area (Å²) in [6.07, 6.45) is 1.59. The number of aromatic nitrogens is 2. The van der Waals surface area contributed by atoms with Gasteiger partial charge in [-0.2, -0.15) is 0 Å². The molecule has 5 rings (SSSR count). The fraction of sp³-hybridized carbons (Fsp3) is 0.286. The molecule has 1 aliphatic heterocycles. The zero-order valence-corrected chi connectivity index (χ0v) is 18.3. The number of amides is 2. The van der Waals surface area contributed by atoms with E-state index in [-0.39, 0.29) is 11.6 Å². The highest BCUT2D eigenvalue weighted by Gasteiger charge is 2.22. The van der Waals surface area contributed by atoms with E-state index in [1.807, 2.05) is 29.0 Å². The lowest BCUT2D eigenvalue weighted by Crippen LogP contribution is -2.51. The maximum atomic E-state index is 12.8. The Hall–Kier alpha value is -2.95. The molecule has 4 aromatic rings. The topological polar surface area (TPSA) is 94.5 Å². The Morgan fingerprint density at radius 2 is 2.06 bits per heavy atom. The Morgan fingerprint density at radius 1 is 1.19 bits per heavy atom. The number of urea groups is 1. The molecule has 1 fully saturated rings. The van der Waals surface area contributed by atoms with Gasteiger partial charge in [-0.25, -0.2) is 9.78 Å². The minimum Gasteiger partial charge on any atom is -0.467 e. The average molecular weight is 456 g/mol. The number of carbonyl (C=O) groups excluding carboxylic acids is 1. The first-order valence-electron chi connectivity index (χ1n) is 9.99. The van der Waals surface area contributed by atoms with Crippen molar-refractivity contribution in [3.05, 3.63) is 63.2 Å². The highest BCUT2D eigenvalue weighted by atomic mass is 32.1. The summed E-state index contributed by atoms with van der Waals surface area (Å²) in [5.74, 6) is 1.39. The Bertz CT molecular complexity index is 1220. The maximum absolute atomic E-state index is 12.8. The molecule has 8 nitrogen and oxygen atoms in total. The van der Waals surface area contributed by atoms with E-state index in [9.17, 15) is 9.59 Å². The van der Waals surface area contributed by atoms with E-state index >= 15 is 0 Å². The molecule has 0 atom stereocenters. The summed E-state index contributed by atoms with van der Waals surface area (Å²) in [6, 6.07) is 7.54. The zero-order chi connectivity index (χ0) is 21.2. The number of hydrogen-bond donors (Lipinski definition) is 2. The molecule has 1 saturated heterocycles. The van der Waals surface area contributed by atoms with E-state index in [0.717, 1.165) is 34.1 Å². The predicted molar refractivity (Wildman–Crippen MR) is 121 cm³/mol. The molecular weight excluding hydrogens is 434 g/mol. The lowest BCUT2D eigenvalue weighted by molar-refractivity contribution is 0.133. The van der Waals surface area contributed by atoms with E-state index in [0.29, 0.717) is 37.4 Å². The van der Waals surface area contributed by atoms with Gasteiger partial charge in [-0.15, -0.1) is 22.7 Å². The van der Waals surface area contributed by atoms with E-state index in [1.54, 1.807) is 28.6 Å². The van der Waals surface area contributed by atoms with E-state index in [1.165, 1.54) is 11.3 Å². The number of piperazine rings is 1. The van der Waals surface area contributed by atoms with Crippen LogP contribution >= 0.6 is 22.7 Å². The van der Waals surface area contributed by atoms with Crippen molar-refractivity contribution in [2.24, 2.45) is 0 Å². The van der Waals surface area contributed by atoms with Crippen LogP contribution in [-0.4, -0.2) is 52.0 Å². The van der Waals surface area contributed by atoms with Gasteiger partial charge in [0, 0.05) is 42.0 Å². The summed E-state index contributed by atoms with van der Waals surface area (Å²) < 4.78 is 5.24. The van der Waals surface area contributed by atoms with Crippen LogP contribution in [0.3, 0.4) is 0 Å². The molecule has 0 unspecified atom stereocenters. The number of thiophene rings is 2. The molecular formula is C21H21N5O3S2. The number of nitrogens with zero attached hydrogens (tertiary/aromatic N) is 3. The third kappa shape index (κ3) is 4.27. The number of carbonyl (C=O) groups is 1. The van der Waals surface area contributed by atoms with Crippen LogP contribution in [0.15, 0.2) is 50.5 Å². The molecule has 0 radical (unpaired) electrons. The quantitative estimate of drug-likeness (QED) is 0.481. The minimum atomic E-state index is -0.0967. The molecule has 10 heteroatoms. The molecule has 31 heavy (non-hydrogen) atoms. The number of H-pyrrole nitrogens is 1. The van der Waals surface area contributed by atoms with Crippen LogP contribution in [0, 0.1) is 0 Å². The molecule has 2 amide bonds. The molecule has 1 aliphatic rings. The molecule has 160 valence electrons. The number of rotatable bonds is 5. The van der Waals surface area contributed by atoms with Gasteiger partial charge in [-0.1, -0.05) is 6.07 Å². The highest BCUT2D eigenvalue weighted by molar-refractivity contribution is 7.18. The normalized spacial score (nSPS) is 14.9.